The number of amides is 1. The number of benzene rings is 2. The molecule has 4 N–H and O–H groups in total. The van der Waals surface area contributed by atoms with Crippen LogP contribution in [0.2, 0.25) is 0 Å². The largest absolute Gasteiger partial charge is 0.361 e. The number of nitrogens with one attached hydrogen (secondary N) is 2. The van der Waals surface area contributed by atoms with Crippen LogP contribution in [0.4, 0.5) is 0 Å². The van der Waals surface area contributed by atoms with E-state index in [0.717, 1.165) is 16.5 Å². The summed E-state index contributed by atoms with van der Waals surface area (Å²) in [5.41, 5.74) is 8.67. The molecule has 0 aliphatic heterocycles. The van der Waals surface area contributed by atoms with Crippen molar-refractivity contribution in [2.24, 2.45) is 5.73 Å². The Hall–Kier alpha value is -2.59. The number of H-pyrrole nitrogens is 1. The lowest BCUT2D eigenvalue weighted by atomic mass is 10.1. The van der Waals surface area contributed by atoms with Gasteiger partial charge < -0.3 is 16.0 Å². The highest BCUT2D eigenvalue weighted by Crippen LogP contribution is 2.14. The Labute approximate surface area is 123 Å². The summed E-state index contributed by atoms with van der Waals surface area (Å²) in [5.74, 6) is -0.113. The summed E-state index contributed by atoms with van der Waals surface area (Å²) in [4.78, 5) is 15.3. The Morgan fingerprint density at radius 1 is 1.14 bits per heavy atom. The second kappa shape index (κ2) is 5.81. The molecule has 0 fully saturated rings. The van der Waals surface area contributed by atoms with Gasteiger partial charge >= 0.3 is 0 Å². The summed E-state index contributed by atoms with van der Waals surface area (Å²) in [6, 6.07) is 17.1. The van der Waals surface area contributed by atoms with Crippen LogP contribution in [-0.4, -0.2) is 17.4 Å². The van der Waals surface area contributed by atoms with Gasteiger partial charge in [0.25, 0.3) is 5.91 Å². The van der Waals surface area contributed by atoms with Gasteiger partial charge in [-0.1, -0.05) is 36.4 Å². The molecule has 0 saturated carbocycles. The fourth-order valence-corrected chi connectivity index (χ4v) is 2.31. The summed E-state index contributed by atoms with van der Waals surface area (Å²) in [6.45, 7) is 0.408. The Morgan fingerprint density at radius 3 is 2.76 bits per heavy atom. The van der Waals surface area contributed by atoms with Crippen LogP contribution in [0.25, 0.3) is 10.9 Å². The third-order valence-corrected chi connectivity index (χ3v) is 3.53. The maximum Gasteiger partial charge on any atom is 0.251 e. The van der Waals surface area contributed by atoms with Crippen LogP contribution in [0.15, 0.2) is 60.8 Å². The fraction of sp³-hybridized carbons (Fsp3) is 0.118. The first-order valence-electron chi connectivity index (χ1n) is 6.90. The summed E-state index contributed by atoms with van der Waals surface area (Å²) >= 11 is 0. The molecule has 106 valence electrons. The van der Waals surface area contributed by atoms with Crippen LogP contribution in [0.1, 0.15) is 22.0 Å². The number of aromatic amines is 1. The predicted molar refractivity (Wildman–Crippen MR) is 84.0 cm³/mol. The van der Waals surface area contributed by atoms with E-state index in [2.05, 4.69) is 10.3 Å². The first kappa shape index (κ1) is 13.4. The lowest BCUT2D eigenvalue weighted by Crippen LogP contribution is -2.31. The van der Waals surface area contributed by atoms with Gasteiger partial charge in [-0.25, -0.2) is 0 Å². The number of hydrogen-bond acceptors (Lipinski definition) is 2. The first-order chi connectivity index (χ1) is 10.2. The molecular formula is C17H17N3O. The fourth-order valence-electron chi connectivity index (χ4n) is 2.31. The Bertz CT molecular complexity index is 749. The third-order valence-electron chi connectivity index (χ3n) is 3.53. The van der Waals surface area contributed by atoms with Gasteiger partial charge in [-0.2, -0.15) is 0 Å². The van der Waals surface area contributed by atoms with Gasteiger partial charge in [0.15, 0.2) is 0 Å². The van der Waals surface area contributed by atoms with Crippen molar-refractivity contribution in [3.63, 3.8) is 0 Å². The topological polar surface area (TPSA) is 70.9 Å². The number of carbonyl (C=O) groups is 1. The van der Waals surface area contributed by atoms with Gasteiger partial charge in [0.1, 0.15) is 0 Å². The smallest absolute Gasteiger partial charge is 0.251 e. The average molecular weight is 279 g/mol. The SMILES string of the molecule is NC(CNC(=O)c1ccc2cc[nH]c2c1)c1ccccc1. The van der Waals surface area contributed by atoms with E-state index < -0.39 is 0 Å². The van der Waals surface area contributed by atoms with E-state index in [9.17, 15) is 4.79 Å². The molecule has 2 aromatic carbocycles. The molecule has 1 atom stereocenters. The maximum absolute atomic E-state index is 12.2. The molecule has 21 heavy (non-hydrogen) atoms. The van der Waals surface area contributed by atoms with E-state index in [-0.39, 0.29) is 11.9 Å². The molecule has 0 aliphatic carbocycles. The standard InChI is InChI=1S/C17H17N3O/c18-15(12-4-2-1-3-5-12)11-20-17(21)14-7-6-13-8-9-19-16(13)10-14/h1-10,15,19H,11,18H2,(H,20,21). The normalized spacial score (nSPS) is 12.2. The van der Waals surface area contributed by atoms with Gasteiger partial charge in [-0.15, -0.1) is 0 Å². The molecule has 0 aliphatic rings. The number of fused-ring (bicyclic) bond motifs is 1. The van der Waals surface area contributed by atoms with Gasteiger partial charge in [-0.05, 0) is 29.1 Å². The maximum atomic E-state index is 12.2. The zero-order chi connectivity index (χ0) is 14.7. The molecule has 0 bridgehead atoms. The monoisotopic (exact) mass is 279 g/mol. The molecule has 0 radical (unpaired) electrons. The number of hydrogen-bond donors (Lipinski definition) is 3. The summed E-state index contributed by atoms with van der Waals surface area (Å²) < 4.78 is 0. The van der Waals surface area contributed by atoms with Crippen LogP contribution in [0.3, 0.4) is 0 Å². The molecule has 3 aromatic rings. The third kappa shape index (κ3) is 2.95. The van der Waals surface area contributed by atoms with Gasteiger partial charge in [-0.3, -0.25) is 4.79 Å². The van der Waals surface area contributed by atoms with Crippen LogP contribution >= 0.6 is 0 Å². The highest BCUT2D eigenvalue weighted by molar-refractivity contribution is 5.97. The van der Waals surface area contributed by atoms with Crippen LogP contribution in [0, 0.1) is 0 Å². The second-order valence-corrected chi connectivity index (χ2v) is 5.01. The Kier molecular flexibility index (Phi) is 3.71. The molecule has 1 heterocycles. The van der Waals surface area contributed by atoms with Crippen LogP contribution in [-0.2, 0) is 0 Å². The lowest BCUT2D eigenvalue weighted by Gasteiger charge is -2.13. The molecule has 0 spiro atoms. The van der Waals surface area contributed by atoms with E-state index in [1.807, 2.05) is 60.8 Å². The van der Waals surface area contributed by atoms with Crippen molar-refractivity contribution in [1.82, 2.24) is 10.3 Å². The van der Waals surface area contributed by atoms with E-state index in [4.69, 9.17) is 5.73 Å². The van der Waals surface area contributed by atoms with Gasteiger partial charge in [0.2, 0.25) is 0 Å². The number of aromatic nitrogens is 1. The predicted octanol–water partition coefficient (Wildman–Crippen LogP) is 2.60. The molecule has 4 nitrogen and oxygen atoms in total. The van der Waals surface area contributed by atoms with Crippen LogP contribution < -0.4 is 11.1 Å². The molecular weight excluding hydrogens is 262 g/mol. The molecule has 1 aromatic heterocycles. The van der Waals surface area contributed by atoms with Crippen molar-refractivity contribution in [3.8, 4) is 0 Å². The molecule has 1 unspecified atom stereocenters. The van der Waals surface area contributed by atoms with E-state index >= 15 is 0 Å². The van der Waals surface area contributed by atoms with Crippen molar-refractivity contribution in [1.29, 1.82) is 0 Å². The summed E-state index contributed by atoms with van der Waals surface area (Å²) in [6.07, 6.45) is 1.86. The number of rotatable bonds is 4. The van der Waals surface area contributed by atoms with Crippen molar-refractivity contribution >= 4 is 16.8 Å². The van der Waals surface area contributed by atoms with Gasteiger partial charge in [0, 0.05) is 29.9 Å². The second-order valence-electron chi connectivity index (χ2n) is 5.01. The van der Waals surface area contributed by atoms with E-state index in [0.29, 0.717) is 12.1 Å². The molecule has 0 saturated heterocycles. The van der Waals surface area contributed by atoms with Crippen molar-refractivity contribution in [3.05, 3.63) is 71.9 Å². The van der Waals surface area contributed by atoms with E-state index in [1.54, 1.807) is 0 Å². The Morgan fingerprint density at radius 2 is 1.95 bits per heavy atom. The van der Waals surface area contributed by atoms with Crippen molar-refractivity contribution in [2.75, 3.05) is 6.54 Å². The Balaban J connectivity index is 1.66. The average Bonchev–Trinajstić information content (AvgIpc) is 3.00. The van der Waals surface area contributed by atoms with Crippen molar-refractivity contribution in [2.45, 2.75) is 6.04 Å². The molecule has 4 heteroatoms. The highest BCUT2D eigenvalue weighted by atomic mass is 16.1. The van der Waals surface area contributed by atoms with Crippen molar-refractivity contribution < 1.29 is 4.79 Å². The zero-order valence-corrected chi connectivity index (χ0v) is 11.5. The minimum atomic E-state index is -0.204. The highest BCUT2D eigenvalue weighted by Gasteiger charge is 2.10. The number of nitrogens with two attached hydrogens (primary N) is 1. The minimum Gasteiger partial charge on any atom is -0.361 e. The molecule has 1 amide bonds. The van der Waals surface area contributed by atoms with Crippen LogP contribution in [0.5, 0.6) is 0 Å². The number of carbonyl (C=O) groups excluding carboxylic acids is 1. The van der Waals surface area contributed by atoms with Gasteiger partial charge in [0.05, 0.1) is 0 Å². The first-order valence-corrected chi connectivity index (χ1v) is 6.90. The van der Waals surface area contributed by atoms with E-state index in [1.165, 1.54) is 0 Å². The quantitative estimate of drug-likeness (QED) is 0.687. The molecule has 3 rings (SSSR count). The summed E-state index contributed by atoms with van der Waals surface area (Å²) in [5, 5.41) is 3.97. The minimum absolute atomic E-state index is 0.113. The zero-order valence-electron chi connectivity index (χ0n) is 11.5. The lowest BCUT2D eigenvalue weighted by molar-refractivity contribution is 0.0951. The summed E-state index contributed by atoms with van der Waals surface area (Å²) in [7, 11) is 0.